The molecule has 5 aromatic rings. The van der Waals surface area contributed by atoms with E-state index in [1.165, 1.54) is 36.3 Å². The van der Waals surface area contributed by atoms with E-state index in [1.54, 1.807) is 36.4 Å². The predicted molar refractivity (Wildman–Crippen MR) is 163 cm³/mol. The Hall–Kier alpha value is -5.20. The van der Waals surface area contributed by atoms with Crippen LogP contribution < -0.4 is 10.6 Å². The van der Waals surface area contributed by atoms with Crippen molar-refractivity contribution < 1.29 is 18.7 Å². The van der Waals surface area contributed by atoms with Gasteiger partial charge in [0, 0.05) is 22.2 Å². The zero-order valence-electron chi connectivity index (χ0n) is 23.0. The highest BCUT2D eigenvalue weighted by Gasteiger charge is 2.20. The number of methoxy groups -OCH3 is 1. The fourth-order valence-electron chi connectivity index (χ4n) is 4.31. The summed E-state index contributed by atoms with van der Waals surface area (Å²) in [7, 11) is 1.18. The first-order valence-corrected chi connectivity index (χ1v) is 13.8. The van der Waals surface area contributed by atoms with Gasteiger partial charge < -0.3 is 10.1 Å². The number of ether oxygens (including phenoxy) is 1. The normalized spacial score (nSPS) is 11.7. The van der Waals surface area contributed by atoms with Crippen LogP contribution in [0.5, 0.6) is 0 Å². The third-order valence-electron chi connectivity index (χ3n) is 6.43. The first kappa shape index (κ1) is 30.3. The largest absolute Gasteiger partial charge is 0.453 e. The number of nitrogens with one attached hydrogen (secondary N) is 2. The number of amides is 2. The molecule has 44 heavy (non-hydrogen) atoms. The average molecular weight is 633 g/mol. The molecule has 11 nitrogen and oxygen atoms in total. The topological polar surface area (TPSA) is 137 Å². The predicted octanol–water partition coefficient (Wildman–Crippen LogP) is 5.86. The Bertz CT molecular complexity index is 1820. The van der Waals surface area contributed by atoms with Gasteiger partial charge in [0.25, 0.3) is 0 Å². The molecule has 0 saturated heterocycles. The van der Waals surface area contributed by atoms with E-state index in [2.05, 4.69) is 41.1 Å². The van der Waals surface area contributed by atoms with Crippen molar-refractivity contribution in [3.63, 3.8) is 0 Å². The maximum atomic E-state index is 14.8. The lowest BCUT2D eigenvalue weighted by molar-refractivity contribution is -0.117. The van der Waals surface area contributed by atoms with Gasteiger partial charge in [-0.05, 0) is 70.4 Å². The summed E-state index contributed by atoms with van der Waals surface area (Å²) in [6.07, 6.45) is 3.97. The van der Waals surface area contributed by atoms with Gasteiger partial charge in [-0.25, -0.2) is 9.18 Å². The van der Waals surface area contributed by atoms with E-state index in [0.717, 1.165) is 5.56 Å². The molecule has 2 heterocycles. The molecule has 0 saturated carbocycles. The summed E-state index contributed by atoms with van der Waals surface area (Å²) >= 11 is 12.6. The second-order valence-corrected chi connectivity index (χ2v) is 10.1. The van der Waals surface area contributed by atoms with Crippen LogP contribution in [-0.4, -0.2) is 49.5 Å². The number of tetrazole rings is 1. The van der Waals surface area contributed by atoms with Gasteiger partial charge in [-0.3, -0.25) is 10.1 Å². The van der Waals surface area contributed by atoms with Crippen LogP contribution in [-0.2, 0) is 16.0 Å². The molecule has 2 aromatic heterocycles. The summed E-state index contributed by atoms with van der Waals surface area (Å²) in [5.74, 6) is -1.13. The van der Waals surface area contributed by atoms with Gasteiger partial charge in [-0.15, -0.1) is 10.2 Å². The molecule has 3 aromatic carbocycles. The molecular weight excluding hydrogens is 610 g/mol. The highest BCUT2D eigenvalue weighted by molar-refractivity contribution is 6.32. The Labute approximate surface area is 260 Å². The minimum Gasteiger partial charge on any atom is -0.453 e. The van der Waals surface area contributed by atoms with Crippen LogP contribution in [0.2, 0.25) is 10.2 Å². The number of nitrogens with zero attached hydrogens (tertiary/aromatic N) is 6. The number of benzene rings is 3. The van der Waals surface area contributed by atoms with Gasteiger partial charge in [0.15, 0.2) is 5.15 Å². The highest BCUT2D eigenvalue weighted by atomic mass is 35.5. The number of halogens is 3. The second kappa shape index (κ2) is 13.8. The van der Waals surface area contributed by atoms with Gasteiger partial charge in [-0.2, -0.15) is 9.78 Å². The molecule has 0 aliphatic carbocycles. The van der Waals surface area contributed by atoms with E-state index in [0.29, 0.717) is 39.5 Å². The van der Waals surface area contributed by atoms with Crippen molar-refractivity contribution in [2.45, 2.75) is 12.5 Å². The van der Waals surface area contributed by atoms with Crippen LogP contribution in [0.4, 0.5) is 14.9 Å². The molecule has 0 fully saturated rings. The SMILES string of the molecule is COC(=O)Nc1ccc(-c2cc(C(Cc3ccccc3)NC(=O)/C=C/c3cc(Cl)ccc3-n3cnnn3)nnc2Cl)cc1F. The molecule has 0 spiro atoms. The number of anilines is 1. The van der Waals surface area contributed by atoms with E-state index in [9.17, 15) is 14.0 Å². The lowest BCUT2D eigenvalue weighted by Gasteiger charge is -2.18. The number of hydrogen-bond acceptors (Lipinski definition) is 8. The van der Waals surface area contributed by atoms with Crippen LogP contribution in [0, 0.1) is 5.82 Å². The van der Waals surface area contributed by atoms with Crippen LogP contribution >= 0.6 is 23.2 Å². The molecule has 0 aliphatic rings. The maximum Gasteiger partial charge on any atom is 0.411 e. The first-order chi connectivity index (χ1) is 21.3. The number of rotatable bonds is 9. The molecule has 2 N–H and O–H groups in total. The Morgan fingerprint density at radius 2 is 1.86 bits per heavy atom. The lowest BCUT2D eigenvalue weighted by Crippen LogP contribution is -2.29. The Morgan fingerprint density at radius 1 is 1.05 bits per heavy atom. The second-order valence-electron chi connectivity index (χ2n) is 9.33. The van der Waals surface area contributed by atoms with E-state index < -0.39 is 23.9 Å². The van der Waals surface area contributed by atoms with Crippen LogP contribution in [0.3, 0.4) is 0 Å². The van der Waals surface area contributed by atoms with Gasteiger partial charge in [0.05, 0.1) is 30.2 Å². The van der Waals surface area contributed by atoms with Crippen LogP contribution in [0.25, 0.3) is 22.9 Å². The zero-order valence-corrected chi connectivity index (χ0v) is 24.5. The summed E-state index contributed by atoms with van der Waals surface area (Å²) in [5, 5.41) is 25.3. The van der Waals surface area contributed by atoms with E-state index in [1.807, 2.05) is 30.3 Å². The molecule has 14 heteroatoms. The van der Waals surface area contributed by atoms with Crippen molar-refractivity contribution in [3.05, 3.63) is 118 Å². The molecule has 1 atom stereocenters. The molecule has 0 radical (unpaired) electrons. The summed E-state index contributed by atoms with van der Waals surface area (Å²) < 4.78 is 20.8. The Kier molecular flexibility index (Phi) is 9.52. The third-order valence-corrected chi connectivity index (χ3v) is 6.94. The monoisotopic (exact) mass is 632 g/mol. The Balaban J connectivity index is 1.44. The van der Waals surface area contributed by atoms with Crippen molar-refractivity contribution in [2.75, 3.05) is 12.4 Å². The molecule has 0 bridgehead atoms. The molecular formula is C30H23Cl2FN8O3. The fraction of sp³-hybridized carbons (Fsp3) is 0.100. The van der Waals surface area contributed by atoms with Crippen molar-refractivity contribution in [1.82, 2.24) is 35.7 Å². The molecule has 5 rings (SSSR count). The highest BCUT2D eigenvalue weighted by Crippen LogP contribution is 2.31. The number of aromatic nitrogens is 6. The fourth-order valence-corrected chi connectivity index (χ4v) is 4.70. The van der Waals surface area contributed by atoms with Crippen molar-refractivity contribution in [3.8, 4) is 16.8 Å². The van der Waals surface area contributed by atoms with E-state index >= 15 is 0 Å². The average Bonchev–Trinajstić information content (AvgIpc) is 3.56. The number of carbonyl (C=O) groups is 2. The van der Waals surface area contributed by atoms with Gasteiger partial charge in [-0.1, -0.05) is 59.6 Å². The standard InChI is InChI=1S/C30H23Cl2FN8O3/c1-44-30(43)36-24-10-7-19(15-23(24)33)22-16-26(37-38-29(22)32)25(13-18-5-3-2-4-6-18)35-28(42)12-8-20-14-21(31)9-11-27(20)41-17-34-39-40-41/h2-12,14-17,25H,13H2,1H3,(H,35,42)(H,36,43)/b12-8+. The lowest BCUT2D eigenvalue weighted by atomic mass is 10.00. The minimum atomic E-state index is -0.807. The zero-order chi connectivity index (χ0) is 31.1. The van der Waals surface area contributed by atoms with E-state index in [4.69, 9.17) is 23.2 Å². The summed E-state index contributed by atoms with van der Waals surface area (Å²) in [6.45, 7) is 0. The van der Waals surface area contributed by atoms with Gasteiger partial charge >= 0.3 is 6.09 Å². The summed E-state index contributed by atoms with van der Waals surface area (Å²) in [6, 6.07) is 19.8. The van der Waals surface area contributed by atoms with Crippen LogP contribution in [0.15, 0.2) is 85.2 Å². The number of carbonyl (C=O) groups excluding carboxylic acids is 2. The summed E-state index contributed by atoms with van der Waals surface area (Å²) in [5.41, 5.74) is 3.26. The summed E-state index contributed by atoms with van der Waals surface area (Å²) in [4.78, 5) is 24.8. The van der Waals surface area contributed by atoms with E-state index in [-0.39, 0.29) is 10.8 Å². The maximum absolute atomic E-state index is 14.8. The van der Waals surface area contributed by atoms with Gasteiger partial charge in [0.1, 0.15) is 12.1 Å². The van der Waals surface area contributed by atoms with Crippen molar-refractivity contribution in [2.24, 2.45) is 0 Å². The first-order valence-electron chi connectivity index (χ1n) is 13.0. The van der Waals surface area contributed by atoms with Gasteiger partial charge in [0.2, 0.25) is 5.91 Å². The van der Waals surface area contributed by atoms with Crippen molar-refractivity contribution in [1.29, 1.82) is 0 Å². The smallest absolute Gasteiger partial charge is 0.411 e. The third kappa shape index (κ3) is 7.41. The van der Waals surface area contributed by atoms with Crippen molar-refractivity contribution >= 4 is 47.0 Å². The number of hydrogen-bond donors (Lipinski definition) is 2. The molecule has 2 amide bonds. The molecule has 0 aliphatic heterocycles. The molecule has 1 unspecified atom stereocenters. The quantitative estimate of drug-likeness (QED) is 0.193. The Morgan fingerprint density at radius 3 is 2.59 bits per heavy atom. The van der Waals surface area contributed by atoms with Crippen LogP contribution in [0.1, 0.15) is 22.9 Å². The minimum absolute atomic E-state index is 0.0302. The molecule has 222 valence electrons.